The summed E-state index contributed by atoms with van der Waals surface area (Å²) in [6.45, 7) is 6.92. The van der Waals surface area contributed by atoms with E-state index in [9.17, 15) is 4.79 Å². The van der Waals surface area contributed by atoms with Crippen LogP contribution in [0.2, 0.25) is 0 Å². The van der Waals surface area contributed by atoms with Crippen molar-refractivity contribution in [2.75, 3.05) is 20.3 Å². The largest absolute Gasteiger partial charge is 0.493 e. The fourth-order valence-electron chi connectivity index (χ4n) is 3.54. The molecule has 0 radical (unpaired) electrons. The molecule has 0 unspecified atom stereocenters. The summed E-state index contributed by atoms with van der Waals surface area (Å²) in [4.78, 5) is 16.8. The number of nitrogens with one attached hydrogen (secondary N) is 1. The normalized spacial score (nSPS) is 16.4. The highest BCUT2D eigenvalue weighted by atomic mass is 32.2. The van der Waals surface area contributed by atoms with Crippen molar-refractivity contribution in [3.63, 3.8) is 0 Å². The zero-order valence-electron chi connectivity index (χ0n) is 20.2. The molecule has 0 saturated heterocycles. The molecule has 0 spiro atoms. The zero-order valence-corrected chi connectivity index (χ0v) is 21.0. The first-order chi connectivity index (χ1) is 16.9. The Bertz CT molecular complexity index is 1240. The van der Waals surface area contributed by atoms with Gasteiger partial charge in [-0.2, -0.15) is 15.1 Å². The summed E-state index contributed by atoms with van der Waals surface area (Å²) >= 11 is 1.35. The minimum absolute atomic E-state index is 0.0129. The van der Waals surface area contributed by atoms with E-state index in [4.69, 9.17) is 19.6 Å². The van der Waals surface area contributed by atoms with Gasteiger partial charge >= 0.3 is 0 Å². The second-order valence-electron chi connectivity index (χ2n) is 8.48. The van der Waals surface area contributed by atoms with Crippen molar-refractivity contribution in [1.82, 2.24) is 5.01 Å². The Labute approximate surface area is 209 Å². The average Bonchev–Trinajstić information content (AvgIpc) is 3.22. The van der Waals surface area contributed by atoms with Crippen LogP contribution in [0.5, 0.6) is 17.2 Å². The van der Waals surface area contributed by atoms with Crippen LogP contribution in [-0.4, -0.2) is 47.3 Å². The smallest absolute Gasteiger partial charge is 0.283 e. The van der Waals surface area contributed by atoms with E-state index in [1.165, 1.54) is 16.8 Å². The molecule has 0 fully saturated rings. The number of thioether (sulfide) groups is 1. The number of amidine groups is 2. The number of rotatable bonds is 9. The first-order valence-corrected chi connectivity index (χ1v) is 12.2. The van der Waals surface area contributed by atoms with Crippen molar-refractivity contribution >= 4 is 39.8 Å². The van der Waals surface area contributed by atoms with Gasteiger partial charge in [-0.25, -0.2) is 0 Å². The predicted octanol–water partition coefficient (Wildman–Crippen LogP) is 5.13. The molecule has 9 heteroatoms. The molecule has 0 saturated carbocycles. The van der Waals surface area contributed by atoms with Gasteiger partial charge in [0.15, 0.2) is 17.3 Å². The second-order valence-corrected chi connectivity index (χ2v) is 9.52. The van der Waals surface area contributed by atoms with Crippen molar-refractivity contribution in [2.45, 2.75) is 27.2 Å². The van der Waals surface area contributed by atoms with Crippen LogP contribution < -0.4 is 14.2 Å². The number of carbonyl (C=O) groups excluding carboxylic acids is 1. The lowest BCUT2D eigenvalue weighted by molar-refractivity contribution is -0.114. The first-order valence-electron chi connectivity index (χ1n) is 11.3. The molecule has 2 aliphatic rings. The van der Waals surface area contributed by atoms with Gasteiger partial charge in [0, 0.05) is 6.42 Å². The fourth-order valence-corrected chi connectivity index (χ4v) is 4.64. The summed E-state index contributed by atoms with van der Waals surface area (Å²) in [6.07, 6.45) is 2.40. The number of fused-ring (bicyclic) bond motifs is 1. The zero-order chi connectivity index (χ0) is 24.9. The minimum Gasteiger partial charge on any atom is -0.493 e. The number of aliphatic imine (C=N–C) groups is 1. The summed E-state index contributed by atoms with van der Waals surface area (Å²) < 4.78 is 17.1. The van der Waals surface area contributed by atoms with Crippen LogP contribution in [0.3, 0.4) is 0 Å². The van der Waals surface area contributed by atoms with Gasteiger partial charge in [-0.3, -0.25) is 10.2 Å². The molecule has 1 N–H and O–H groups in total. The Hall–Kier alpha value is -3.59. The van der Waals surface area contributed by atoms with Crippen molar-refractivity contribution in [3.8, 4) is 17.2 Å². The van der Waals surface area contributed by atoms with Crippen LogP contribution in [0.15, 0.2) is 58.1 Å². The van der Waals surface area contributed by atoms with Crippen molar-refractivity contribution in [2.24, 2.45) is 16.0 Å². The van der Waals surface area contributed by atoms with Crippen LogP contribution in [0.4, 0.5) is 0 Å². The highest BCUT2D eigenvalue weighted by molar-refractivity contribution is 8.26. The van der Waals surface area contributed by atoms with Gasteiger partial charge in [0.05, 0.1) is 12.7 Å². The van der Waals surface area contributed by atoms with Gasteiger partial charge in [0.2, 0.25) is 5.17 Å². The maximum atomic E-state index is 12.7. The highest BCUT2D eigenvalue weighted by Gasteiger charge is 2.35. The number of hydrogen-bond acceptors (Lipinski definition) is 7. The van der Waals surface area contributed by atoms with E-state index >= 15 is 0 Å². The Morgan fingerprint density at radius 1 is 1.09 bits per heavy atom. The van der Waals surface area contributed by atoms with E-state index < -0.39 is 5.91 Å². The third-order valence-corrected chi connectivity index (χ3v) is 6.20. The van der Waals surface area contributed by atoms with E-state index in [-0.39, 0.29) is 11.4 Å². The van der Waals surface area contributed by atoms with Crippen LogP contribution in [-0.2, 0) is 4.79 Å². The van der Waals surface area contributed by atoms with Crippen LogP contribution in [0.1, 0.15) is 31.4 Å². The Kier molecular flexibility index (Phi) is 7.55. The topological polar surface area (TPSA) is 96.6 Å². The van der Waals surface area contributed by atoms with E-state index in [0.29, 0.717) is 41.4 Å². The monoisotopic (exact) mass is 492 g/mol. The lowest BCUT2D eigenvalue weighted by Gasteiger charge is -2.20. The first kappa shape index (κ1) is 24.5. The van der Waals surface area contributed by atoms with E-state index in [1.807, 2.05) is 31.2 Å². The molecular formula is C26H28N4O4S. The molecule has 1 amide bonds. The third-order valence-electron chi connectivity index (χ3n) is 5.27. The molecular weight excluding hydrogens is 464 g/mol. The number of nitrogens with zero attached hydrogens (tertiary/aromatic N) is 3. The van der Waals surface area contributed by atoms with Crippen LogP contribution >= 0.6 is 11.8 Å². The molecule has 2 aliphatic heterocycles. The SMILES string of the molecule is COc1cc(C=C2C(=N)N3N=C(CC(C)C)SC3=NC2=O)ccc1OCCOc1ccccc1C. The van der Waals surface area contributed by atoms with E-state index in [0.717, 1.165) is 22.8 Å². The minimum atomic E-state index is -0.456. The number of aryl methyl sites for hydroxylation is 1. The van der Waals surface area contributed by atoms with Gasteiger partial charge in [-0.1, -0.05) is 38.1 Å². The number of hydrogen-bond donors (Lipinski definition) is 1. The number of para-hydroxylation sites is 1. The molecule has 0 aliphatic carbocycles. The summed E-state index contributed by atoms with van der Waals surface area (Å²) in [5.41, 5.74) is 1.93. The standard InChI is InChI=1S/C26H28N4O4S/c1-16(2)13-23-29-30-24(27)19(25(31)28-26(30)35-23)14-18-9-10-21(22(15-18)32-4)34-12-11-33-20-8-6-5-7-17(20)3/h5-10,14-16,27H,11-13H2,1-4H3. The summed E-state index contributed by atoms with van der Waals surface area (Å²) in [5, 5.41) is 15.7. The molecule has 8 nitrogen and oxygen atoms in total. The quantitative estimate of drug-likeness (QED) is 0.385. The Morgan fingerprint density at radius 2 is 1.83 bits per heavy atom. The number of benzene rings is 2. The maximum absolute atomic E-state index is 12.7. The van der Waals surface area contributed by atoms with E-state index in [1.54, 1.807) is 31.4 Å². The maximum Gasteiger partial charge on any atom is 0.283 e. The van der Waals surface area contributed by atoms with Crippen molar-refractivity contribution in [3.05, 3.63) is 59.2 Å². The van der Waals surface area contributed by atoms with Gasteiger partial charge in [0.25, 0.3) is 5.91 Å². The molecule has 35 heavy (non-hydrogen) atoms. The van der Waals surface area contributed by atoms with Gasteiger partial charge in [-0.15, -0.1) is 0 Å². The Morgan fingerprint density at radius 3 is 2.54 bits per heavy atom. The Balaban J connectivity index is 1.44. The molecule has 2 aromatic carbocycles. The molecule has 0 aromatic heterocycles. The molecule has 2 heterocycles. The van der Waals surface area contributed by atoms with Crippen LogP contribution in [0.25, 0.3) is 6.08 Å². The van der Waals surface area contributed by atoms with Crippen molar-refractivity contribution in [1.29, 1.82) is 5.41 Å². The molecule has 2 aromatic rings. The summed E-state index contributed by atoms with van der Waals surface area (Å²) in [5.74, 6) is 1.88. The predicted molar refractivity (Wildman–Crippen MR) is 140 cm³/mol. The van der Waals surface area contributed by atoms with Gasteiger partial charge in [-0.05, 0) is 60.0 Å². The number of carbonyl (C=O) groups is 1. The number of hydrazone groups is 1. The highest BCUT2D eigenvalue weighted by Crippen LogP contribution is 2.32. The molecule has 0 bridgehead atoms. The van der Waals surface area contributed by atoms with Crippen LogP contribution in [0, 0.1) is 18.3 Å². The van der Waals surface area contributed by atoms with Gasteiger partial charge < -0.3 is 14.2 Å². The molecule has 182 valence electrons. The van der Waals surface area contributed by atoms with Gasteiger partial charge in [0.1, 0.15) is 24.0 Å². The third kappa shape index (κ3) is 5.74. The molecule has 4 rings (SSSR count). The number of methoxy groups -OCH3 is 1. The number of ether oxygens (including phenoxy) is 3. The molecule has 0 atom stereocenters. The lowest BCUT2D eigenvalue weighted by atomic mass is 10.1. The number of amides is 1. The van der Waals surface area contributed by atoms with E-state index in [2.05, 4.69) is 23.9 Å². The summed E-state index contributed by atoms with van der Waals surface area (Å²) in [6, 6.07) is 13.2. The second kappa shape index (κ2) is 10.8. The summed E-state index contributed by atoms with van der Waals surface area (Å²) in [7, 11) is 1.56. The van der Waals surface area contributed by atoms with Crippen molar-refractivity contribution < 1.29 is 19.0 Å². The average molecular weight is 493 g/mol. The lowest BCUT2D eigenvalue weighted by Crippen LogP contribution is -2.35. The fraction of sp³-hybridized carbons (Fsp3) is 0.308.